The number of benzene rings is 3. The molecule has 3 heterocycles. The highest BCUT2D eigenvalue weighted by molar-refractivity contribution is 6.13. The number of aromatic nitrogens is 3. The quantitative estimate of drug-likeness (QED) is 0.0374. The molecular formula is C52H61N7O17. The van der Waals surface area contributed by atoms with Crippen molar-refractivity contribution in [2.75, 3.05) is 126 Å². The molecule has 0 aliphatic carbocycles. The number of amides is 6. The summed E-state index contributed by atoms with van der Waals surface area (Å²) in [5, 5.41) is 27.7. The minimum atomic E-state index is -0.426. The Kier molecular flexibility index (Phi) is 23.5. The van der Waals surface area contributed by atoms with E-state index in [-0.39, 0.29) is 131 Å². The number of hydrogen-bond donors (Lipinski definition) is 4. The van der Waals surface area contributed by atoms with Gasteiger partial charge in [0, 0.05) is 81.0 Å². The molecule has 0 bridgehead atoms. The molecule has 0 radical (unpaired) electrons. The Morgan fingerprint density at radius 3 is 1.17 bits per heavy atom. The Balaban J connectivity index is 0.862. The average Bonchev–Trinajstić information content (AvgIpc) is 3.92. The molecule has 6 amide bonds. The molecule has 0 saturated carbocycles. The summed E-state index contributed by atoms with van der Waals surface area (Å²) < 4.78 is 50.0. The van der Waals surface area contributed by atoms with Crippen LogP contribution in [0.4, 0.5) is 0 Å². The fraction of sp³-hybridized carbons (Fsp3) is 0.404. The van der Waals surface area contributed by atoms with Crippen molar-refractivity contribution in [3.8, 4) is 62.9 Å². The zero-order valence-corrected chi connectivity index (χ0v) is 42.0. The number of nitrogens with one attached hydrogen (secondary N) is 2. The van der Waals surface area contributed by atoms with Gasteiger partial charge >= 0.3 is 0 Å². The summed E-state index contributed by atoms with van der Waals surface area (Å²) in [6, 6.07) is 16.5. The minimum Gasteiger partial charge on any atom is -0.507 e. The summed E-state index contributed by atoms with van der Waals surface area (Å²) in [4.78, 5) is 86.2. The number of carbonyl (C=O) groups is 6. The van der Waals surface area contributed by atoms with Gasteiger partial charge in [0.1, 0.15) is 42.0 Å². The van der Waals surface area contributed by atoms with Crippen LogP contribution in [-0.2, 0) is 57.2 Å². The van der Waals surface area contributed by atoms with Crippen LogP contribution in [0.2, 0.25) is 0 Å². The second-order valence-corrected chi connectivity index (χ2v) is 16.3. The molecule has 2 aliphatic heterocycles. The topological polar surface area (TPSA) is 295 Å². The van der Waals surface area contributed by atoms with E-state index < -0.39 is 23.6 Å². The monoisotopic (exact) mass is 1060 g/mol. The lowest BCUT2D eigenvalue weighted by Gasteiger charge is -2.13. The zero-order chi connectivity index (χ0) is 53.9. The van der Waals surface area contributed by atoms with Crippen molar-refractivity contribution < 1.29 is 81.6 Å². The van der Waals surface area contributed by atoms with Crippen LogP contribution in [0.15, 0.2) is 85.0 Å². The lowest BCUT2D eigenvalue weighted by molar-refractivity contribution is -0.139. The first-order chi connectivity index (χ1) is 37.0. The Labute approximate surface area is 437 Å². The van der Waals surface area contributed by atoms with Crippen molar-refractivity contribution in [1.82, 2.24) is 35.4 Å². The summed E-state index contributed by atoms with van der Waals surface area (Å²) in [6.45, 7) is 4.55. The number of ether oxygens (including phenoxy) is 9. The van der Waals surface area contributed by atoms with Crippen molar-refractivity contribution >= 4 is 35.4 Å². The van der Waals surface area contributed by atoms with Crippen LogP contribution in [-0.4, -0.2) is 196 Å². The maximum Gasteiger partial charge on any atom is 0.253 e. The second kappa shape index (κ2) is 31.1. The molecular weight excluding hydrogens is 995 g/mol. The molecule has 0 fully saturated rings. The third kappa shape index (κ3) is 18.8. The first kappa shape index (κ1) is 57.4. The minimum absolute atomic E-state index is 0.0103. The number of carbonyl (C=O) groups excluding carboxylic acids is 6. The highest BCUT2D eigenvalue weighted by atomic mass is 16.6. The fourth-order valence-electron chi connectivity index (χ4n) is 7.02. The van der Waals surface area contributed by atoms with Gasteiger partial charge in [-0.1, -0.05) is 0 Å². The molecule has 4 N–H and O–H groups in total. The first-order valence-electron chi connectivity index (χ1n) is 24.4. The van der Waals surface area contributed by atoms with E-state index in [1.165, 1.54) is 36.4 Å². The Bertz CT molecular complexity index is 2460. The smallest absolute Gasteiger partial charge is 0.253 e. The number of imide groups is 2. The van der Waals surface area contributed by atoms with E-state index in [1.54, 1.807) is 55.6 Å². The molecule has 2 aliphatic rings. The number of phenolic OH excluding ortho intramolecular Hbond substituents is 2. The maximum absolute atomic E-state index is 12.0. The fourth-order valence-corrected chi connectivity index (χ4v) is 7.02. The van der Waals surface area contributed by atoms with E-state index in [9.17, 15) is 39.0 Å². The largest absolute Gasteiger partial charge is 0.507 e. The van der Waals surface area contributed by atoms with E-state index in [0.717, 1.165) is 9.80 Å². The van der Waals surface area contributed by atoms with Gasteiger partial charge in [0.05, 0.1) is 97.5 Å². The van der Waals surface area contributed by atoms with Crippen LogP contribution in [0.1, 0.15) is 12.8 Å². The van der Waals surface area contributed by atoms with Crippen molar-refractivity contribution in [3.05, 3.63) is 85.0 Å². The lowest BCUT2D eigenvalue weighted by Crippen LogP contribution is -2.35. The van der Waals surface area contributed by atoms with Crippen LogP contribution in [0.3, 0.4) is 0 Å². The van der Waals surface area contributed by atoms with Crippen molar-refractivity contribution in [2.24, 2.45) is 0 Å². The Hall–Kier alpha value is -7.87. The maximum atomic E-state index is 12.0. The van der Waals surface area contributed by atoms with Gasteiger partial charge in [-0.2, -0.15) is 0 Å². The summed E-state index contributed by atoms with van der Waals surface area (Å²) in [7, 11) is 1.56. The third-order valence-electron chi connectivity index (χ3n) is 10.9. The second-order valence-electron chi connectivity index (χ2n) is 16.3. The third-order valence-corrected chi connectivity index (χ3v) is 10.9. The van der Waals surface area contributed by atoms with Gasteiger partial charge in [-0.05, 0) is 48.5 Å². The van der Waals surface area contributed by atoms with Gasteiger partial charge in [-0.3, -0.25) is 38.6 Å². The van der Waals surface area contributed by atoms with Crippen molar-refractivity contribution in [2.45, 2.75) is 12.8 Å². The Morgan fingerprint density at radius 1 is 0.461 bits per heavy atom. The van der Waals surface area contributed by atoms with Gasteiger partial charge in [0.2, 0.25) is 11.8 Å². The van der Waals surface area contributed by atoms with Crippen LogP contribution in [0.25, 0.3) is 34.2 Å². The van der Waals surface area contributed by atoms with Crippen LogP contribution >= 0.6 is 0 Å². The van der Waals surface area contributed by atoms with Gasteiger partial charge in [-0.25, -0.2) is 15.0 Å². The standard InChI is InChI=1S/C52H61N7O17/c1-68-37-4-2-36(3-5-37)50-55-51(40-8-6-38(34-42(40)60)75-32-30-73-28-26-71-24-22-69-20-16-53-44(62)14-18-58-46(64)10-11-47(58)65)57-52(56-50)41-9-7-39(35-43(41)61)76-33-31-74-29-27-72-25-23-70-21-17-54-45(63)15-19-59-48(66)12-13-49(59)67/h2-13,34-35,60-61H,14-33H2,1H3,(H,53,62)(H,54,63). The molecule has 76 heavy (non-hydrogen) atoms. The number of hydrogen-bond acceptors (Lipinski definition) is 20. The highest BCUT2D eigenvalue weighted by Gasteiger charge is 2.25. The van der Waals surface area contributed by atoms with E-state index >= 15 is 0 Å². The summed E-state index contributed by atoms with van der Waals surface area (Å²) in [5.74, 6) is -0.656. The molecule has 0 unspecified atom stereocenters. The predicted molar refractivity (Wildman–Crippen MR) is 269 cm³/mol. The van der Waals surface area contributed by atoms with Gasteiger partial charge in [-0.15, -0.1) is 0 Å². The van der Waals surface area contributed by atoms with Crippen LogP contribution in [0, 0.1) is 0 Å². The van der Waals surface area contributed by atoms with Gasteiger partial charge < -0.3 is 63.5 Å². The van der Waals surface area contributed by atoms with Crippen molar-refractivity contribution in [1.29, 1.82) is 0 Å². The lowest BCUT2D eigenvalue weighted by atomic mass is 10.1. The van der Waals surface area contributed by atoms with E-state index in [2.05, 4.69) is 25.6 Å². The van der Waals surface area contributed by atoms with E-state index in [1.807, 2.05) is 0 Å². The molecule has 24 nitrogen and oxygen atoms in total. The van der Waals surface area contributed by atoms with Gasteiger partial charge in [0.25, 0.3) is 23.6 Å². The molecule has 3 aromatic carbocycles. The Morgan fingerprint density at radius 2 is 0.803 bits per heavy atom. The molecule has 1 aromatic heterocycles. The van der Waals surface area contributed by atoms with E-state index in [4.69, 9.17) is 42.6 Å². The van der Waals surface area contributed by atoms with Crippen molar-refractivity contribution in [3.63, 3.8) is 0 Å². The van der Waals surface area contributed by atoms with Gasteiger partial charge in [0.15, 0.2) is 17.5 Å². The summed E-state index contributed by atoms with van der Waals surface area (Å²) >= 11 is 0. The zero-order valence-electron chi connectivity index (χ0n) is 42.0. The molecule has 0 spiro atoms. The highest BCUT2D eigenvalue weighted by Crippen LogP contribution is 2.36. The summed E-state index contributed by atoms with van der Waals surface area (Å²) in [6.07, 6.45) is 4.72. The normalized spacial score (nSPS) is 13.0. The molecule has 0 saturated heterocycles. The SMILES string of the molecule is COc1ccc(-c2nc(-c3ccc(OCCOCCOCCOCCNC(=O)CCN4C(=O)C=CC4=O)cc3O)nc(-c3ccc(OCCOCCOCCOCCNC(=O)CCN4C(=O)C=CC4=O)cc3O)n2)cc1. The molecule has 406 valence electrons. The predicted octanol–water partition coefficient (Wildman–Crippen LogP) is 2.01. The molecule has 6 rings (SSSR count). The summed E-state index contributed by atoms with van der Waals surface area (Å²) in [5.41, 5.74) is 1.21. The average molecular weight is 1060 g/mol. The molecule has 4 aromatic rings. The number of aromatic hydroxyl groups is 2. The van der Waals surface area contributed by atoms with E-state index in [0.29, 0.717) is 75.7 Å². The first-order valence-corrected chi connectivity index (χ1v) is 24.4. The number of methoxy groups -OCH3 is 1. The number of nitrogens with zero attached hydrogens (tertiary/aromatic N) is 5. The number of rotatable bonds is 36. The molecule has 24 heteroatoms. The van der Waals surface area contributed by atoms with Crippen LogP contribution < -0.4 is 24.8 Å². The number of phenols is 2. The van der Waals surface area contributed by atoms with Crippen LogP contribution in [0.5, 0.6) is 28.7 Å². The molecule has 0 atom stereocenters.